The maximum absolute atomic E-state index is 13.1. The molecule has 0 N–H and O–H groups in total. The van der Waals surface area contributed by atoms with Gasteiger partial charge in [-0.05, 0) is 55.8 Å². The summed E-state index contributed by atoms with van der Waals surface area (Å²) < 4.78 is 5.84. The number of aromatic nitrogens is 1. The quantitative estimate of drug-likeness (QED) is 0.603. The number of rotatable bonds is 5. The third-order valence-electron chi connectivity index (χ3n) is 5.28. The molecule has 158 valence electrons. The largest absolute Gasteiger partial charge is 0.487 e. The van der Waals surface area contributed by atoms with Crippen molar-refractivity contribution in [3.05, 3.63) is 75.7 Å². The lowest BCUT2D eigenvalue weighted by Gasteiger charge is -2.24. The Balaban J connectivity index is 1.38. The molecular weight excluding hydrogens is 408 g/mol. The number of aryl methyl sites for hydroxylation is 1. The molecule has 1 amide bonds. The molecule has 1 aliphatic rings. The minimum Gasteiger partial charge on any atom is -0.487 e. The van der Waals surface area contributed by atoms with E-state index in [1.54, 1.807) is 11.3 Å². The fourth-order valence-electron chi connectivity index (χ4n) is 3.66. The SMILES string of the molecule is Cc1nc(COc2cccc(C(=O)N3CCCN(c4ccc(C#N)cc4)CC3)c2)cs1. The molecule has 3 aromatic rings. The normalized spacial score (nSPS) is 14.1. The average molecular weight is 433 g/mol. The van der Waals surface area contributed by atoms with Crippen LogP contribution >= 0.6 is 11.3 Å². The van der Waals surface area contributed by atoms with E-state index < -0.39 is 0 Å². The highest BCUT2D eigenvalue weighted by atomic mass is 32.1. The predicted octanol–water partition coefficient (Wildman–Crippen LogP) is 4.25. The van der Waals surface area contributed by atoms with E-state index in [2.05, 4.69) is 16.0 Å². The van der Waals surface area contributed by atoms with Crippen molar-refractivity contribution >= 4 is 22.9 Å². The number of benzene rings is 2. The second kappa shape index (κ2) is 9.63. The van der Waals surface area contributed by atoms with Gasteiger partial charge in [0, 0.05) is 42.8 Å². The monoisotopic (exact) mass is 432 g/mol. The summed E-state index contributed by atoms with van der Waals surface area (Å²) in [7, 11) is 0. The molecule has 4 rings (SSSR count). The Labute approximate surface area is 186 Å². The first-order valence-electron chi connectivity index (χ1n) is 10.3. The summed E-state index contributed by atoms with van der Waals surface area (Å²) in [4.78, 5) is 21.7. The third kappa shape index (κ3) is 5.22. The lowest BCUT2D eigenvalue weighted by Crippen LogP contribution is -2.35. The molecule has 0 bridgehead atoms. The highest BCUT2D eigenvalue weighted by Crippen LogP contribution is 2.20. The van der Waals surface area contributed by atoms with Crippen molar-refractivity contribution in [3.63, 3.8) is 0 Å². The van der Waals surface area contributed by atoms with Crippen LogP contribution in [0.3, 0.4) is 0 Å². The average Bonchev–Trinajstić information content (AvgIpc) is 3.07. The first-order chi connectivity index (χ1) is 15.1. The Kier molecular flexibility index (Phi) is 6.48. The van der Waals surface area contributed by atoms with Crippen molar-refractivity contribution in [2.45, 2.75) is 20.0 Å². The highest BCUT2D eigenvalue weighted by Gasteiger charge is 2.21. The van der Waals surface area contributed by atoms with Crippen LogP contribution in [-0.4, -0.2) is 42.0 Å². The number of amides is 1. The summed E-state index contributed by atoms with van der Waals surface area (Å²) in [6, 6.07) is 17.1. The Morgan fingerprint density at radius 1 is 1.16 bits per heavy atom. The molecule has 31 heavy (non-hydrogen) atoms. The zero-order valence-corrected chi connectivity index (χ0v) is 18.3. The van der Waals surface area contributed by atoms with Crippen LogP contribution in [0, 0.1) is 18.3 Å². The summed E-state index contributed by atoms with van der Waals surface area (Å²) >= 11 is 1.60. The Hall–Kier alpha value is -3.37. The number of thiazole rings is 1. The van der Waals surface area contributed by atoms with Crippen molar-refractivity contribution in [2.75, 3.05) is 31.1 Å². The predicted molar refractivity (Wildman–Crippen MR) is 122 cm³/mol. The van der Waals surface area contributed by atoms with Crippen LogP contribution in [0.15, 0.2) is 53.9 Å². The second-order valence-electron chi connectivity index (χ2n) is 7.47. The van der Waals surface area contributed by atoms with Crippen LogP contribution in [0.25, 0.3) is 0 Å². The highest BCUT2D eigenvalue weighted by molar-refractivity contribution is 7.09. The number of carbonyl (C=O) groups excluding carboxylic acids is 1. The molecule has 0 saturated carbocycles. The van der Waals surface area contributed by atoms with E-state index in [9.17, 15) is 4.79 Å². The summed E-state index contributed by atoms with van der Waals surface area (Å²) in [5.41, 5.74) is 3.27. The van der Waals surface area contributed by atoms with Gasteiger partial charge in [0.25, 0.3) is 5.91 Å². The molecule has 0 atom stereocenters. The number of hydrogen-bond donors (Lipinski definition) is 0. The van der Waals surface area contributed by atoms with Gasteiger partial charge in [0.15, 0.2) is 0 Å². The first kappa shape index (κ1) is 20.9. The minimum atomic E-state index is 0.0247. The molecule has 2 aromatic carbocycles. The minimum absolute atomic E-state index is 0.0247. The molecule has 0 unspecified atom stereocenters. The number of nitrogens with zero attached hydrogens (tertiary/aromatic N) is 4. The van der Waals surface area contributed by atoms with E-state index >= 15 is 0 Å². The Morgan fingerprint density at radius 2 is 2.00 bits per heavy atom. The van der Waals surface area contributed by atoms with Crippen molar-refractivity contribution in [1.29, 1.82) is 5.26 Å². The molecule has 0 aliphatic carbocycles. The fraction of sp³-hybridized carbons (Fsp3) is 0.292. The number of hydrogen-bond acceptors (Lipinski definition) is 6. The lowest BCUT2D eigenvalue weighted by molar-refractivity contribution is 0.0766. The lowest BCUT2D eigenvalue weighted by atomic mass is 10.2. The first-order valence-corrected chi connectivity index (χ1v) is 11.2. The fourth-order valence-corrected chi connectivity index (χ4v) is 4.26. The van der Waals surface area contributed by atoms with E-state index in [4.69, 9.17) is 10.00 Å². The van der Waals surface area contributed by atoms with Crippen LogP contribution in [0.2, 0.25) is 0 Å². The Bertz CT molecular complexity index is 1090. The zero-order chi connectivity index (χ0) is 21.6. The number of carbonyl (C=O) groups is 1. The number of anilines is 1. The topological polar surface area (TPSA) is 69.5 Å². The van der Waals surface area contributed by atoms with Gasteiger partial charge in [0.05, 0.1) is 22.3 Å². The van der Waals surface area contributed by atoms with Crippen LogP contribution < -0.4 is 9.64 Å². The van der Waals surface area contributed by atoms with Crippen LogP contribution in [0.1, 0.15) is 33.0 Å². The summed E-state index contributed by atoms with van der Waals surface area (Å²) in [6.07, 6.45) is 0.894. The molecule has 1 fully saturated rings. The van der Waals surface area contributed by atoms with Crippen LogP contribution in [-0.2, 0) is 6.61 Å². The van der Waals surface area contributed by atoms with E-state index in [0.29, 0.717) is 30.0 Å². The standard InChI is InChI=1S/C24H24N4O2S/c1-18-26-21(17-31-18)16-30-23-5-2-4-20(14-23)24(29)28-11-3-10-27(12-13-28)22-8-6-19(15-25)7-9-22/h2,4-9,14,17H,3,10-13,16H2,1H3. The number of nitriles is 1. The van der Waals surface area contributed by atoms with Gasteiger partial charge in [0.1, 0.15) is 12.4 Å². The maximum Gasteiger partial charge on any atom is 0.254 e. The van der Waals surface area contributed by atoms with E-state index in [-0.39, 0.29) is 5.91 Å². The molecule has 6 nitrogen and oxygen atoms in total. The molecule has 2 heterocycles. The molecule has 7 heteroatoms. The Morgan fingerprint density at radius 3 is 2.74 bits per heavy atom. The molecular formula is C24H24N4O2S. The van der Waals surface area contributed by atoms with Gasteiger partial charge < -0.3 is 14.5 Å². The van der Waals surface area contributed by atoms with Gasteiger partial charge in [-0.3, -0.25) is 4.79 Å². The van der Waals surface area contributed by atoms with Gasteiger partial charge in [-0.15, -0.1) is 11.3 Å². The molecule has 1 saturated heterocycles. The zero-order valence-electron chi connectivity index (χ0n) is 17.5. The van der Waals surface area contributed by atoms with Gasteiger partial charge >= 0.3 is 0 Å². The van der Waals surface area contributed by atoms with Crippen LogP contribution in [0.4, 0.5) is 5.69 Å². The van der Waals surface area contributed by atoms with E-state index in [0.717, 1.165) is 42.4 Å². The van der Waals surface area contributed by atoms with Gasteiger partial charge in [-0.2, -0.15) is 5.26 Å². The van der Waals surface area contributed by atoms with Crippen molar-refractivity contribution in [3.8, 4) is 11.8 Å². The van der Waals surface area contributed by atoms with E-state index in [1.165, 1.54) is 0 Å². The summed E-state index contributed by atoms with van der Waals surface area (Å²) in [5, 5.41) is 12.0. The molecule has 1 aromatic heterocycles. The molecule has 0 radical (unpaired) electrons. The van der Waals surface area contributed by atoms with Gasteiger partial charge in [-0.1, -0.05) is 6.07 Å². The van der Waals surface area contributed by atoms with Crippen molar-refractivity contribution in [2.24, 2.45) is 0 Å². The second-order valence-corrected chi connectivity index (χ2v) is 8.53. The van der Waals surface area contributed by atoms with Gasteiger partial charge in [-0.25, -0.2) is 4.98 Å². The summed E-state index contributed by atoms with van der Waals surface area (Å²) in [6.45, 7) is 5.38. The van der Waals surface area contributed by atoms with Crippen molar-refractivity contribution < 1.29 is 9.53 Å². The van der Waals surface area contributed by atoms with E-state index in [1.807, 2.05) is 65.7 Å². The summed E-state index contributed by atoms with van der Waals surface area (Å²) in [5.74, 6) is 0.696. The van der Waals surface area contributed by atoms with Gasteiger partial charge in [0.2, 0.25) is 0 Å². The molecule has 0 spiro atoms. The maximum atomic E-state index is 13.1. The smallest absolute Gasteiger partial charge is 0.254 e. The number of ether oxygens (including phenoxy) is 1. The van der Waals surface area contributed by atoms with Crippen molar-refractivity contribution in [1.82, 2.24) is 9.88 Å². The van der Waals surface area contributed by atoms with Crippen LogP contribution in [0.5, 0.6) is 5.75 Å². The third-order valence-corrected chi connectivity index (χ3v) is 6.10. The molecule has 1 aliphatic heterocycles.